The van der Waals surface area contributed by atoms with E-state index in [-0.39, 0.29) is 5.24 Å². The minimum atomic E-state index is -0.202. The Hall–Kier alpha value is -0.890. The number of hydrogen-bond donors (Lipinski definition) is 0. The summed E-state index contributed by atoms with van der Waals surface area (Å²) in [4.78, 5) is 22.8. The lowest BCUT2D eigenvalue weighted by Crippen LogP contribution is -1.97. The second kappa shape index (κ2) is 33.3. The van der Waals surface area contributed by atoms with Crippen LogP contribution in [-0.4, -0.2) is 11.0 Å². The van der Waals surface area contributed by atoms with E-state index >= 15 is 0 Å². The molecule has 0 aliphatic heterocycles. The number of rotatable bonds is 32. The SMILES string of the molecule is CCCCCCCC/C=C\CCCCCCCC(=O)CCCCCCCC/C=C\CCCCCCCC(=O)Cl. The van der Waals surface area contributed by atoms with Crippen molar-refractivity contribution in [3.05, 3.63) is 24.3 Å². The first kappa shape index (κ1) is 38.1. The molecular formula is C36H65ClO2. The van der Waals surface area contributed by atoms with E-state index in [1.165, 1.54) is 141 Å². The molecule has 0 bridgehead atoms. The molecule has 0 fully saturated rings. The van der Waals surface area contributed by atoms with Crippen LogP contribution in [0.4, 0.5) is 0 Å². The average molecular weight is 565 g/mol. The van der Waals surface area contributed by atoms with E-state index in [4.69, 9.17) is 11.6 Å². The van der Waals surface area contributed by atoms with E-state index in [1.807, 2.05) is 0 Å². The molecule has 0 amide bonds. The van der Waals surface area contributed by atoms with Crippen LogP contribution in [0.25, 0.3) is 0 Å². The third kappa shape index (κ3) is 35.1. The summed E-state index contributed by atoms with van der Waals surface area (Å²) < 4.78 is 0. The quantitative estimate of drug-likeness (QED) is 0.0462. The summed E-state index contributed by atoms with van der Waals surface area (Å²) in [5, 5.41) is -0.202. The van der Waals surface area contributed by atoms with Crippen LogP contribution < -0.4 is 0 Å². The normalized spacial score (nSPS) is 11.7. The highest BCUT2D eigenvalue weighted by atomic mass is 35.5. The monoisotopic (exact) mass is 564 g/mol. The Balaban J connectivity index is 3.25. The van der Waals surface area contributed by atoms with E-state index in [1.54, 1.807) is 0 Å². The summed E-state index contributed by atoms with van der Waals surface area (Å²) in [6, 6.07) is 0. The molecule has 0 aliphatic carbocycles. The Morgan fingerprint density at radius 2 is 0.692 bits per heavy atom. The molecule has 39 heavy (non-hydrogen) atoms. The minimum Gasteiger partial charge on any atom is -0.300 e. The average Bonchev–Trinajstić information content (AvgIpc) is 2.92. The Morgan fingerprint density at radius 1 is 0.410 bits per heavy atom. The molecular weight excluding hydrogens is 500 g/mol. The smallest absolute Gasteiger partial charge is 0.221 e. The van der Waals surface area contributed by atoms with E-state index in [0.29, 0.717) is 12.2 Å². The fourth-order valence-electron chi connectivity index (χ4n) is 5.10. The van der Waals surface area contributed by atoms with Crippen LogP contribution in [0.2, 0.25) is 0 Å². The summed E-state index contributed by atoms with van der Waals surface area (Å²) in [6.45, 7) is 2.28. The summed E-state index contributed by atoms with van der Waals surface area (Å²) >= 11 is 5.35. The first-order chi connectivity index (χ1) is 19.2. The van der Waals surface area contributed by atoms with E-state index in [9.17, 15) is 9.59 Å². The van der Waals surface area contributed by atoms with Crippen molar-refractivity contribution >= 4 is 22.6 Å². The van der Waals surface area contributed by atoms with Gasteiger partial charge >= 0.3 is 0 Å². The van der Waals surface area contributed by atoms with Crippen LogP contribution in [0.1, 0.15) is 193 Å². The van der Waals surface area contributed by atoms with Crippen molar-refractivity contribution in [2.24, 2.45) is 0 Å². The van der Waals surface area contributed by atoms with Gasteiger partial charge in [0.2, 0.25) is 5.24 Å². The Labute approximate surface area is 249 Å². The molecule has 0 aromatic rings. The van der Waals surface area contributed by atoms with Gasteiger partial charge in [-0.05, 0) is 82.2 Å². The summed E-state index contributed by atoms with van der Waals surface area (Å²) in [5.74, 6) is 0.489. The molecule has 0 radical (unpaired) electrons. The summed E-state index contributed by atoms with van der Waals surface area (Å²) in [6.07, 6.45) is 44.3. The molecule has 0 unspecified atom stereocenters. The van der Waals surface area contributed by atoms with E-state index < -0.39 is 0 Å². The van der Waals surface area contributed by atoms with Crippen molar-refractivity contribution in [3.63, 3.8) is 0 Å². The third-order valence-corrected chi connectivity index (χ3v) is 7.89. The Morgan fingerprint density at radius 3 is 1.03 bits per heavy atom. The van der Waals surface area contributed by atoms with Gasteiger partial charge in [0.05, 0.1) is 0 Å². The fourth-order valence-corrected chi connectivity index (χ4v) is 5.24. The van der Waals surface area contributed by atoms with Gasteiger partial charge in [-0.3, -0.25) is 9.59 Å². The maximum atomic E-state index is 12.1. The van der Waals surface area contributed by atoms with Gasteiger partial charge in [-0.25, -0.2) is 0 Å². The molecule has 0 N–H and O–H groups in total. The number of Topliss-reactive ketones (excluding diaryl/α,β-unsaturated/α-hetero) is 1. The second-order valence-electron chi connectivity index (χ2n) is 11.7. The van der Waals surface area contributed by atoms with Gasteiger partial charge in [0.25, 0.3) is 0 Å². The zero-order chi connectivity index (χ0) is 28.5. The summed E-state index contributed by atoms with van der Waals surface area (Å²) in [7, 11) is 0. The van der Waals surface area contributed by atoms with E-state index in [2.05, 4.69) is 31.2 Å². The molecule has 0 aromatic heterocycles. The highest BCUT2D eigenvalue weighted by molar-refractivity contribution is 6.63. The zero-order valence-corrected chi connectivity index (χ0v) is 26.8. The Kier molecular flexibility index (Phi) is 32.6. The number of carbonyl (C=O) groups excluding carboxylic acids is 2. The summed E-state index contributed by atoms with van der Waals surface area (Å²) in [5.41, 5.74) is 0. The van der Waals surface area contributed by atoms with Crippen LogP contribution in [0, 0.1) is 0 Å². The minimum absolute atomic E-state index is 0.202. The van der Waals surface area contributed by atoms with Gasteiger partial charge in [0, 0.05) is 19.3 Å². The van der Waals surface area contributed by atoms with Crippen LogP contribution in [-0.2, 0) is 9.59 Å². The lowest BCUT2D eigenvalue weighted by molar-refractivity contribution is -0.119. The molecule has 0 atom stereocenters. The topological polar surface area (TPSA) is 34.1 Å². The van der Waals surface area contributed by atoms with Crippen molar-refractivity contribution < 1.29 is 9.59 Å². The largest absolute Gasteiger partial charge is 0.300 e. The van der Waals surface area contributed by atoms with Crippen LogP contribution in [0.15, 0.2) is 24.3 Å². The van der Waals surface area contributed by atoms with Crippen LogP contribution in [0.3, 0.4) is 0 Å². The number of hydrogen-bond acceptors (Lipinski definition) is 2. The molecule has 0 rings (SSSR count). The van der Waals surface area contributed by atoms with Gasteiger partial charge in [-0.15, -0.1) is 0 Å². The van der Waals surface area contributed by atoms with Gasteiger partial charge in [-0.2, -0.15) is 0 Å². The lowest BCUT2D eigenvalue weighted by Gasteiger charge is -2.03. The molecule has 0 saturated carbocycles. The Bertz CT molecular complexity index is 581. The number of carbonyl (C=O) groups is 2. The van der Waals surface area contributed by atoms with Crippen molar-refractivity contribution in [2.45, 2.75) is 193 Å². The maximum Gasteiger partial charge on any atom is 0.221 e. The van der Waals surface area contributed by atoms with Crippen molar-refractivity contribution in [1.29, 1.82) is 0 Å². The third-order valence-electron chi connectivity index (χ3n) is 7.70. The molecule has 228 valence electrons. The van der Waals surface area contributed by atoms with Crippen molar-refractivity contribution in [2.75, 3.05) is 0 Å². The van der Waals surface area contributed by atoms with Gasteiger partial charge < -0.3 is 0 Å². The van der Waals surface area contributed by atoms with Gasteiger partial charge in [-0.1, -0.05) is 128 Å². The molecule has 0 aliphatic rings. The molecule has 0 aromatic carbocycles. The first-order valence-corrected chi connectivity index (χ1v) is 17.5. The van der Waals surface area contributed by atoms with Gasteiger partial charge in [0.15, 0.2) is 0 Å². The van der Waals surface area contributed by atoms with Crippen molar-refractivity contribution in [3.8, 4) is 0 Å². The first-order valence-electron chi connectivity index (χ1n) is 17.2. The van der Waals surface area contributed by atoms with Crippen LogP contribution in [0.5, 0.6) is 0 Å². The predicted octanol–water partition coefficient (Wildman–Crippen LogP) is 12.8. The molecule has 2 nitrogen and oxygen atoms in total. The molecule has 0 saturated heterocycles. The molecule has 0 heterocycles. The zero-order valence-electron chi connectivity index (χ0n) is 26.0. The second-order valence-corrected chi connectivity index (χ2v) is 12.1. The number of allylic oxidation sites excluding steroid dienone is 4. The highest BCUT2D eigenvalue weighted by Crippen LogP contribution is 2.14. The number of unbranched alkanes of at least 4 members (excludes halogenated alkanes) is 22. The fraction of sp³-hybridized carbons (Fsp3) is 0.833. The van der Waals surface area contributed by atoms with Gasteiger partial charge in [0.1, 0.15) is 5.78 Å². The van der Waals surface area contributed by atoms with E-state index in [0.717, 1.165) is 38.5 Å². The number of halogens is 1. The standard InChI is InChI=1S/C36H65ClO2/c1-2-3-4-5-6-7-8-9-11-14-17-20-23-26-29-32-35(38)33-30-27-24-21-18-15-12-10-13-16-19-22-25-28-31-34-36(37)39/h9-11,13H,2-8,12,14-34H2,1H3/b11-9-,13-10-. The lowest BCUT2D eigenvalue weighted by atomic mass is 10.0. The predicted molar refractivity (Wildman–Crippen MR) is 174 cm³/mol. The van der Waals surface area contributed by atoms with Crippen LogP contribution >= 0.6 is 11.6 Å². The number of ketones is 1. The molecule has 0 spiro atoms. The maximum absolute atomic E-state index is 12.1. The molecule has 3 heteroatoms. The van der Waals surface area contributed by atoms with Crippen molar-refractivity contribution in [1.82, 2.24) is 0 Å². The highest BCUT2D eigenvalue weighted by Gasteiger charge is 2.02.